The molecule has 32 heavy (non-hydrogen) atoms. The molecule has 0 aromatic heterocycles. The van der Waals surface area contributed by atoms with Gasteiger partial charge in [0.2, 0.25) is 10.0 Å². The van der Waals surface area contributed by atoms with Gasteiger partial charge in [0.1, 0.15) is 0 Å². The molecule has 0 saturated carbocycles. The van der Waals surface area contributed by atoms with Gasteiger partial charge in [-0.25, -0.2) is 8.42 Å². The molecule has 0 bridgehead atoms. The van der Waals surface area contributed by atoms with Crippen LogP contribution in [0.15, 0.2) is 47.4 Å². The minimum Gasteiger partial charge on any atom is -0.376 e. The van der Waals surface area contributed by atoms with Crippen LogP contribution < -0.4 is 16.2 Å². The maximum Gasteiger partial charge on any atom is 0.269 e. The van der Waals surface area contributed by atoms with E-state index in [1.165, 1.54) is 28.6 Å². The third kappa shape index (κ3) is 5.66. The number of hydrogen-bond acceptors (Lipinski definition) is 5. The van der Waals surface area contributed by atoms with Gasteiger partial charge in [0, 0.05) is 23.8 Å². The Labute approximate surface area is 189 Å². The molecule has 0 radical (unpaired) electrons. The lowest BCUT2D eigenvalue weighted by Crippen LogP contribution is -2.44. The zero-order chi connectivity index (χ0) is 23.3. The SMILES string of the molecule is Cc1ccc(NCC(=O)NNC(=O)c2cccc(S(=O)(=O)N3CCCCC3C)c2)c(C)c1. The van der Waals surface area contributed by atoms with Crippen molar-refractivity contribution in [2.24, 2.45) is 0 Å². The largest absolute Gasteiger partial charge is 0.376 e. The molecule has 0 aliphatic carbocycles. The molecule has 1 saturated heterocycles. The summed E-state index contributed by atoms with van der Waals surface area (Å²) in [4.78, 5) is 24.7. The Hall–Kier alpha value is -2.91. The van der Waals surface area contributed by atoms with Crippen LogP contribution in [0.5, 0.6) is 0 Å². The van der Waals surface area contributed by atoms with Gasteiger partial charge < -0.3 is 5.32 Å². The smallest absolute Gasteiger partial charge is 0.269 e. The molecule has 0 spiro atoms. The van der Waals surface area contributed by atoms with Crippen LogP contribution in [0.4, 0.5) is 5.69 Å². The number of hydrazine groups is 1. The van der Waals surface area contributed by atoms with E-state index in [9.17, 15) is 18.0 Å². The van der Waals surface area contributed by atoms with Gasteiger partial charge in [-0.3, -0.25) is 20.4 Å². The number of aryl methyl sites for hydroxylation is 2. The maximum atomic E-state index is 13.0. The van der Waals surface area contributed by atoms with Crippen molar-refractivity contribution >= 4 is 27.5 Å². The van der Waals surface area contributed by atoms with Crippen LogP contribution in [0.25, 0.3) is 0 Å². The van der Waals surface area contributed by atoms with E-state index in [0.717, 1.165) is 36.1 Å². The van der Waals surface area contributed by atoms with E-state index in [1.54, 1.807) is 0 Å². The standard InChI is InChI=1S/C23H30N4O4S/c1-16-10-11-21(17(2)13-16)24-15-22(28)25-26-23(29)19-8-6-9-20(14-19)32(30,31)27-12-5-4-7-18(27)3/h6,8-11,13-14,18,24H,4-5,7,12,15H2,1-3H3,(H,25,28)(H,26,29). The molecule has 2 aromatic carbocycles. The number of anilines is 1. The molecule has 1 aliphatic rings. The summed E-state index contributed by atoms with van der Waals surface area (Å²) in [5, 5.41) is 3.02. The van der Waals surface area contributed by atoms with Crippen LogP contribution in [0.3, 0.4) is 0 Å². The van der Waals surface area contributed by atoms with Crippen molar-refractivity contribution in [1.29, 1.82) is 0 Å². The van der Waals surface area contributed by atoms with Crippen LogP contribution in [0, 0.1) is 13.8 Å². The van der Waals surface area contributed by atoms with E-state index in [2.05, 4.69) is 16.2 Å². The fraction of sp³-hybridized carbons (Fsp3) is 0.391. The van der Waals surface area contributed by atoms with Gasteiger partial charge in [-0.15, -0.1) is 0 Å². The summed E-state index contributed by atoms with van der Waals surface area (Å²) in [6, 6.07) is 11.6. The lowest BCUT2D eigenvalue weighted by atomic mass is 10.1. The zero-order valence-electron chi connectivity index (χ0n) is 18.6. The second-order valence-electron chi connectivity index (χ2n) is 8.16. The quantitative estimate of drug-likeness (QED) is 0.577. The van der Waals surface area contributed by atoms with E-state index >= 15 is 0 Å². The highest BCUT2D eigenvalue weighted by molar-refractivity contribution is 7.89. The van der Waals surface area contributed by atoms with Gasteiger partial charge >= 0.3 is 0 Å². The van der Waals surface area contributed by atoms with Crippen molar-refractivity contribution in [3.63, 3.8) is 0 Å². The number of benzene rings is 2. The highest BCUT2D eigenvalue weighted by atomic mass is 32.2. The fourth-order valence-corrected chi connectivity index (χ4v) is 5.54. The molecule has 1 aliphatic heterocycles. The highest BCUT2D eigenvalue weighted by Crippen LogP contribution is 2.25. The van der Waals surface area contributed by atoms with Crippen LogP contribution in [0.1, 0.15) is 47.7 Å². The number of hydrogen-bond donors (Lipinski definition) is 3. The molecule has 9 heteroatoms. The second-order valence-corrected chi connectivity index (χ2v) is 10.1. The van der Waals surface area contributed by atoms with E-state index in [-0.39, 0.29) is 23.0 Å². The lowest BCUT2D eigenvalue weighted by Gasteiger charge is -2.32. The number of rotatable bonds is 6. The topological polar surface area (TPSA) is 108 Å². The first kappa shape index (κ1) is 23.7. The van der Waals surface area contributed by atoms with Crippen LogP contribution in [-0.4, -0.2) is 43.7 Å². The number of nitrogens with zero attached hydrogens (tertiary/aromatic N) is 1. The van der Waals surface area contributed by atoms with Crippen LogP contribution in [-0.2, 0) is 14.8 Å². The van der Waals surface area contributed by atoms with E-state index in [4.69, 9.17) is 0 Å². The third-order valence-electron chi connectivity index (χ3n) is 5.58. The average Bonchev–Trinajstić information content (AvgIpc) is 2.77. The summed E-state index contributed by atoms with van der Waals surface area (Å²) in [6.45, 7) is 6.29. The molecule has 172 valence electrons. The Kier molecular flexibility index (Phi) is 7.52. The monoisotopic (exact) mass is 458 g/mol. The summed E-state index contributed by atoms with van der Waals surface area (Å²) in [5.41, 5.74) is 7.82. The van der Waals surface area contributed by atoms with Crippen molar-refractivity contribution in [3.05, 3.63) is 59.2 Å². The summed E-state index contributed by atoms with van der Waals surface area (Å²) >= 11 is 0. The second kappa shape index (κ2) is 10.1. The maximum absolute atomic E-state index is 13.0. The van der Waals surface area contributed by atoms with Crippen LogP contribution in [0.2, 0.25) is 0 Å². The molecule has 1 fully saturated rings. The van der Waals surface area contributed by atoms with Gasteiger partial charge in [0.25, 0.3) is 11.8 Å². The van der Waals surface area contributed by atoms with Crippen molar-refractivity contribution in [2.75, 3.05) is 18.4 Å². The summed E-state index contributed by atoms with van der Waals surface area (Å²) in [5.74, 6) is -1.02. The number of piperidine rings is 1. The molecular weight excluding hydrogens is 428 g/mol. The molecule has 2 aromatic rings. The molecular formula is C23H30N4O4S. The Morgan fingerprint density at radius 3 is 2.56 bits per heavy atom. The van der Waals surface area contributed by atoms with Crippen molar-refractivity contribution in [2.45, 2.75) is 51.0 Å². The number of carbonyl (C=O) groups is 2. The predicted octanol–water partition coefficient (Wildman–Crippen LogP) is 2.74. The molecule has 3 rings (SSSR count). The Balaban J connectivity index is 1.59. The summed E-state index contributed by atoms with van der Waals surface area (Å²) in [6.07, 6.45) is 2.65. The Morgan fingerprint density at radius 2 is 1.84 bits per heavy atom. The molecule has 2 amide bonds. The average molecular weight is 459 g/mol. The van der Waals surface area contributed by atoms with Gasteiger partial charge in [0.15, 0.2) is 0 Å². The number of amides is 2. The zero-order valence-corrected chi connectivity index (χ0v) is 19.5. The minimum absolute atomic E-state index is 0.0224. The first-order valence-electron chi connectivity index (χ1n) is 10.7. The predicted molar refractivity (Wildman–Crippen MR) is 124 cm³/mol. The highest BCUT2D eigenvalue weighted by Gasteiger charge is 2.31. The minimum atomic E-state index is -3.69. The van der Waals surface area contributed by atoms with Gasteiger partial charge in [-0.05, 0) is 63.4 Å². The molecule has 3 N–H and O–H groups in total. The van der Waals surface area contributed by atoms with Crippen molar-refractivity contribution in [1.82, 2.24) is 15.2 Å². The third-order valence-corrected chi connectivity index (χ3v) is 7.59. The molecule has 8 nitrogen and oxygen atoms in total. The first-order valence-corrected chi connectivity index (χ1v) is 12.1. The lowest BCUT2D eigenvalue weighted by molar-refractivity contribution is -0.120. The van der Waals surface area contributed by atoms with E-state index in [1.807, 2.05) is 39.0 Å². The Morgan fingerprint density at radius 1 is 1.06 bits per heavy atom. The van der Waals surface area contributed by atoms with Gasteiger partial charge in [-0.1, -0.05) is 30.2 Å². The Bertz CT molecular complexity index is 1100. The number of sulfonamides is 1. The van der Waals surface area contributed by atoms with Crippen LogP contribution >= 0.6 is 0 Å². The first-order chi connectivity index (χ1) is 15.2. The van der Waals surface area contributed by atoms with Crippen molar-refractivity contribution < 1.29 is 18.0 Å². The molecule has 1 unspecified atom stereocenters. The molecule has 1 heterocycles. The van der Waals surface area contributed by atoms with Gasteiger partial charge in [0.05, 0.1) is 11.4 Å². The number of nitrogens with one attached hydrogen (secondary N) is 3. The molecule has 1 atom stereocenters. The fourth-order valence-electron chi connectivity index (χ4n) is 3.79. The summed E-state index contributed by atoms with van der Waals surface area (Å²) < 4.78 is 27.5. The summed E-state index contributed by atoms with van der Waals surface area (Å²) in [7, 11) is -3.69. The number of carbonyl (C=O) groups excluding carboxylic acids is 2. The van der Waals surface area contributed by atoms with E-state index in [0.29, 0.717) is 6.54 Å². The van der Waals surface area contributed by atoms with Crippen molar-refractivity contribution in [3.8, 4) is 0 Å². The van der Waals surface area contributed by atoms with Gasteiger partial charge in [-0.2, -0.15) is 4.31 Å². The van der Waals surface area contributed by atoms with E-state index < -0.39 is 21.8 Å². The normalized spacial score (nSPS) is 16.9.